The molecule has 0 saturated heterocycles. The van der Waals surface area contributed by atoms with Crippen molar-refractivity contribution >= 4 is 15.7 Å². The Labute approximate surface area is 120 Å². The van der Waals surface area contributed by atoms with Gasteiger partial charge in [-0.3, -0.25) is 0 Å². The zero-order valence-corrected chi connectivity index (χ0v) is 12.7. The Morgan fingerprint density at radius 2 is 2.10 bits per heavy atom. The summed E-state index contributed by atoms with van der Waals surface area (Å²) in [6.45, 7) is 3.93. The number of hydrogen-bond donors (Lipinski definition) is 2. The van der Waals surface area contributed by atoms with Crippen molar-refractivity contribution < 1.29 is 8.42 Å². The molecule has 3 N–H and O–H groups in total. The minimum Gasteiger partial charge on any atom is -0.399 e. The number of anilines is 1. The van der Waals surface area contributed by atoms with Crippen molar-refractivity contribution in [3.63, 3.8) is 0 Å². The Morgan fingerprint density at radius 3 is 2.70 bits per heavy atom. The molecule has 0 aromatic heterocycles. The molecule has 0 aliphatic rings. The molecule has 110 valence electrons. The highest BCUT2D eigenvalue weighted by molar-refractivity contribution is 7.89. The smallest absolute Gasteiger partial charge is 0.242 e. The number of nitrogens with one attached hydrogen (secondary N) is 1. The Kier molecular flexibility index (Phi) is 5.99. The van der Waals surface area contributed by atoms with E-state index in [9.17, 15) is 8.42 Å². The number of nitrogen functional groups attached to an aromatic ring is 1. The Morgan fingerprint density at radius 1 is 1.40 bits per heavy atom. The number of hydrogen-bond acceptors (Lipinski definition) is 4. The lowest BCUT2D eigenvalue weighted by Crippen LogP contribution is -2.33. The van der Waals surface area contributed by atoms with Crippen molar-refractivity contribution in [3.05, 3.63) is 23.8 Å². The van der Waals surface area contributed by atoms with Crippen molar-refractivity contribution in [2.75, 3.05) is 5.73 Å². The molecule has 1 rings (SSSR count). The highest BCUT2D eigenvalue weighted by Crippen LogP contribution is 2.18. The predicted molar refractivity (Wildman–Crippen MR) is 79.5 cm³/mol. The second-order valence-electron chi connectivity index (χ2n) is 4.89. The van der Waals surface area contributed by atoms with Gasteiger partial charge in [0.2, 0.25) is 10.0 Å². The van der Waals surface area contributed by atoms with Gasteiger partial charge in [-0.15, -0.1) is 0 Å². The van der Waals surface area contributed by atoms with Crippen LogP contribution in [0.2, 0.25) is 0 Å². The Balaban J connectivity index is 2.87. The fourth-order valence-electron chi connectivity index (χ4n) is 1.96. The Bertz CT molecular complexity index is 591. The average Bonchev–Trinajstić information content (AvgIpc) is 2.37. The lowest BCUT2D eigenvalue weighted by molar-refractivity contribution is 0.527. The highest BCUT2D eigenvalue weighted by Gasteiger charge is 2.20. The van der Waals surface area contributed by atoms with Crippen LogP contribution in [0.4, 0.5) is 5.69 Å². The van der Waals surface area contributed by atoms with Gasteiger partial charge in [0, 0.05) is 11.7 Å². The molecule has 0 fully saturated rings. The second-order valence-corrected chi connectivity index (χ2v) is 6.57. The lowest BCUT2D eigenvalue weighted by atomic mass is 10.1. The van der Waals surface area contributed by atoms with E-state index in [1.807, 2.05) is 13.0 Å². The zero-order valence-electron chi connectivity index (χ0n) is 11.9. The molecule has 0 amide bonds. The van der Waals surface area contributed by atoms with Crippen LogP contribution in [0.1, 0.15) is 45.1 Å². The summed E-state index contributed by atoms with van der Waals surface area (Å²) in [6.07, 6.45) is 3.93. The molecule has 1 aromatic rings. The molecule has 0 aliphatic carbocycles. The summed E-state index contributed by atoms with van der Waals surface area (Å²) in [6, 6.07) is 5.94. The molecule has 0 radical (unpaired) electrons. The number of nitrogens with two attached hydrogens (primary N) is 1. The summed E-state index contributed by atoms with van der Waals surface area (Å²) in [5.74, 6) is 0. The minimum atomic E-state index is -3.68. The highest BCUT2D eigenvalue weighted by atomic mass is 32.2. The SMILES string of the molecule is CCCCCC(C)NS(=O)(=O)c1ccc(N)cc1C#N. The predicted octanol–water partition coefficient (Wildman–Crippen LogP) is 2.39. The monoisotopic (exact) mass is 295 g/mol. The summed E-state index contributed by atoms with van der Waals surface area (Å²) in [4.78, 5) is -0.0171. The zero-order chi connectivity index (χ0) is 15.2. The van der Waals surface area contributed by atoms with Crippen molar-refractivity contribution in [3.8, 4) is 6.07 Å². The van der Waals surface area contributed by atoms with Gasteiger partial charge in [0.15, 0.2) is 0 Å². The van der Waals surface area contributed by atoms with E-state index >= 15 is 0 Å². The van der Waals surface area contributed by atoms with Crippen LogP contribution in [-0.4, -0.2) is 14.5 Å². The number of rotatable bonds is 7. The van der Waals surface area contributed by atoms with Gasteiger partial charge in [-0.05, 0) is 31.5 Å². The van der Waals surface area contributed by atoms with Gasteiger partial charge in [0.05, 0.1) is 10.5 Å². The largest absolute Gasteiger partial charge is 0.399 e. The van der Waals surface area contributed by atoms with Crippen LogP contribution in [0.15, 0.2) is 23.1 Å². The molecule has 20 heavy (non-hydrogen) atoms. The van der Waals surface area contributed by atoms with E-state index in [4.69, 9.17) is 11.0 Å². The third-order valence-corrected chi connectivity index (χ3v) is 4.66. The van der Waals surface area contributed by atoms with Crippen molar-refractivity contribution in [2.24, 2.45) is 0 Å². The van der Waals surface area contributed by atoms with E-state index in [0.29, 0.717) is 5.69 Å². The van der Waals surface area contributed by atoms with E-state index in [2.05, 4.69) is 11.6 Å². The molecular weight excluding hydrogens is 274 g/mol. The first-order valence-corrected chi connectivity index (χ1v) is 8.21. The number of unbranched alkanes of at least 4 members (excludes halogenated alkanes) is 2. The third kappa shape index (κ3) is 4.51. The molecule has 0 bridgehead atoms. The molecule has 0 saturated carbocycles. The fourth-order valence-corrected chi connectivity index (χ4v) is 3.37. The number of nitrogens with zero attached hydrogens (tertiary/aromatic N) is 1. The standard InChI is InChI=1S/C14H21N3O2S/c1-3-4-5-6-11(2)17-20(18,19)14-8-7-13(16)9-12(14)10-15/h7-9,11,17H,3-6,16H2,1-2H3. The van der Waals surface area contributed by atoms with Crippen LogP contribution in [0, 0.1) is 11.3 Å². The van der Waals surface area contributed by atoms with Crippen molar-refractivity contribution in [2.45, 2.75) is 50.5 Å². The average molecular weight is 295 g/mol. The molecule has 5 nitrogen and oxygen atoms in total. The summed E-state index contributed by atoms with van der Waals surface area (Å²) in [7, 11) is -3.68. The molecule has 0 heterocycles. The second kappa shape index (κ2) is 7.27. The first-order valence-electron chi connectivity index (χ1n) is 6.72. The minimum absolute atomic E-state index is 0.0171. The van der Waals surface area contributed by atoms with Gasteiger partial charge < -0.3 is 5.73 Å². The maximum Gasteiger partial charge on any atom is 0.242 e. The number of sulfonamides is 1. The number of benzene rings is 1. The van der Waals surface area contributed by atoms with Gasteiger partial charge in [0.1, 0.15) is 6.07 Å². The van der Waals surface area contributed by atoms with Gasteiger partial charge in [0.25, 0.3) is 0 Å². The van der Waals surface area contributed by atoms with E-state index in [0.717, 1.165) is 25.7 Å². The topological polar surface area (TPSA) is 96.0 Å². The maximum absolute atomic E-state index is 12.3. The molecule has 1 atom stereocenters. The van der Waals surface area contributed by atoms with Gasteiger partial charge in [-0.25, -0.2) is 13.1 Å². The molecular formula is C14H21N3O2S. The third-order valence-electron chi connectivity index (χ3n) is 3.01. The van der Waals surface area contributed by atoms with Gasteiger partial charge in [-0.1, -0.05) is 26.2 Å². The van der Waals surface area contributed by atoms with Gasteiger partial charge in [-0.2, -0.15) is 5.26 Å². The number of nitriles is 1. The van der Waals surface area contributed by atoms with E-state index in [1.165, 1.54) is 18.2 Å². The van der Waals surface area contributed by atoms with Crippen molar-refractivity contribution in [1.82, 2.24) is 4.72 Å². The van der Waals surface area contributed by atoms with Crippen LogP contribution in [-0.2, 0) is 10.0 Å². The summed E-state index contributed by atoms with van der Waals surface area (Å²) in [5.41, 5.74) is 6.00. The lowest BCUT2D eigenvalue weighted by Gasteiger charge is -2.15. The first kappa shape index (κ1) is 16.5. The molecule has 6 heteroatoms. The van der Waals surface area contributed by atoms with E-state index in [1.54, 1.807) is 0 Å². The van der Waals surface area contributed by atoms with Crippen LogP contribution < -0.4 is 10.5 Å². The maximum atomic E-state index is 12.3. The molecule has 1 unspecified atom stereocenters. The fraction of sp³-hybridized carbons (Fsp3) is 0.500. The summed E-state index contributed by atoms with van der Waals surface area (Å²) in [5, 5.41) is 9.02. The summed E-state index contributed by atoms with van der Waals surface area (Å²) >= 11 is 0. The molecule has 0 aliphatic heterocycles. The van der Waals surface area contributed by atoms with Crippen LogP contribution >= 0.6 is 0 Å². The van der Waals surface area contributed by atoms with E-state index in [-0.39, 0.29) is 16.5 Å². The molecule has 1 aromatic carbocycles. The summed E-state index contributed by atoms with van der Waals surface area (Å²) < 4.78 is 27.1. The van der Waals surface area contributed by atoms with Crippen molar-refractivity contribution in [1.29, 1.82) is 5.26 Å². The van der Waals surface area contributed by atoms with Crippen LogP contribution in [0.5, 0.6) is 0 Å². The van der Waals surface area contributed by atoms with E-state index < -0.39 is 10.0 Å². The van der Waals surface area contributed by atoms with Crippen LogP contribution in [0.3, 0.4) is 0 Å². The molecule has 0 spiro atoms. The van der Waals surface area contributed by atoms with Gasteiger partial charge >= 0.3 is 0 Å². The first-order chi connectivity index (χ1) is 9.40. The normalized spacial score (nSPS) is 12.8. The quantitative estimate of drug-likeness (QED) is 0.596. The van der Waals surface area contributed by atoms with Crippen LogP contribution in [0.25, 0.3) is 0 Å². The Hall–Kier alpha value is -1.58.